The summed E-state index contributed by atoms with van der Waals surface area (Å²) in [5.41, 5.74) is 1.36. The number of H-pyrrole nitrogens is 1. The standard InChI is InChI=1S/C19H16BrN5O3/c20-17-15-12(4-6-22-17)13(11-23-15)16(26)19(28)25-9-7-24(8-10-25)18(27)14-3-1-2-5-21-14/h1-6,11,23H,7-10H2. The number of aromatic amines is 1. The third kappa shape index (κ3) is 3.29. The minimum atomic E-state index is -0.575. The number of hydrogen-bond acceptors (Lipinski definition) is 5. The molecule has 1 fully saturated rings. The number of pyridine rings is 2. The fraction of sp³-hybridized carbons (Fsp3) is 0.211. The lowest BCUT2D eigenvalue weighted by molar-refractivity contribution is -0.127. The van der Waals surface area contributed by atoms with Gasteiger partial charge in [-0.1, -0.05) is 6.07 Å². The second-order valence-corrected chi connectivity index (χ2v) is 7.11. The van der Waals surface area contributed by atoms with Gasteiger partial charge in [0.2, 0.25) is 0 Å². The predicted octanol–water partition coefficient (Wildman–Crippen LogP) is 1.89. The molecule has 0 atom stereocenters. The van der Waals surface area contributed by atoms with Gasteiger partial charge >= 0.3 is 0 Å². The van der Waals surface area contributed by atoms with Gasteiger partial charge in [0.15, 0.2) is 0 Å². The van der Waals surface area contributed by atoms with Gasteiger partial charge in [-0.15, -0.1) is 0 Å². The molecule has 9 heteroatoms. The molecule has 2 amide bonds. The number of nitrogens with zero attached hydrogens (tertiary/aromatic N) is 4. The normalized spacial score (nSPS) is 14.3. The van der Waals surface area contributed by atoms with Gasteiger partial charge in [-0.05, 0) is 34.1 Å². The summed E-state index contributed by atoms with van der Waals surface area (Å²) in [6, 6.07) is 6.86. The van der Waals surface area contributed by atoms with Crippen LogP contribution in [-0.2, 0) is 4.79 Å². The number of nitrogens with one attached hydrogen (secondary N) is 1. The highest BCUT2D eigenvalue weighted by molar-refractivity contribution is 9.10. The van der Waals surface area contributed by atoms with Crippen LogP contribution >= 0.6 is 15.9 Å². The Balaban J connectivity index is 1.44. The highest BCUT2D eigenvalue weighted by atomic mass is 79.9. The van der Waals surface area contributed by atoms with Gasteiger partial charge < -0.3 is 14.8 Å². The summed E-state index contributed by atoms with van der Waals surface area (Å²) in [6.07, 6.45) is 4.67. The Hall–Kier alpha value is -3.07. The summed E-state index contributed by atoms with van der Waals surface area (Å²) >= 11 is 3.32. The van der Waals surface area contributed by atoms with E-state index in [2.05, 4.69) is 30.9 Å². The first-order valence-electron chi connectivity index (χ1n) is 8.72. The van der Waals surface area contributed by atoms with Crippen molar-refractivity contribution in [1.82, 2.24) is 24.8 Å². The number of piperazine rings is 1. The molecule has 1 N–H and O–H groups in total. The van der Waals surface area contributed by atoms with Crippen LogP contribution in [0.1, 0.15) is 20.8 Å². The molecule has 1 aliphatic heterocycles. The number of Topliss-reactive ketones (excluding diaryl/α,β-unsaturated/α-hetero) is 1. The molecule has 142 valence electrons. The Morgan fingerprint density at radius 1 is 0.964 bits per heavy atom. The first-order valence-corrected chi connectivity index (χ1v) is 9.51. The average molecular weight is 442 g/mol. The molecule has 4 rings (SSSR count). The summed E-state index contributed by atoms with van der Waals surface area (Å²) < 4.78 is 0.582. The van der Waals surface area contributed by atoms with E-state index in [1.54, 1.807) is 41.6 Å². The van der Waals surface area contributed by atoms with Crippen LogP contribution in [-0.4, -0.2) is 68.5 Å². The Bertz CT molecular complexity index is 1060. The molecule has 1 saturated heterocycles. The zero-order chi connectivity index (χ0) is 19.7. The molecule has 0 bridgehead atoms. The number of ketones is 1. The second-order valence-electron chi connectivity index (χ2n) is 6.36. The SMILES string of the molecule is O=C(C(=O)N1CCN(C(=O)c2ccccn2)CC1)c1c[nH]c2c(Br)nccc12. The highest BCUT2D eigenvalue weighted by Gasteiger charge is 2.30. The van der Waals surface area contributed by atoms with Crippen LogP contribution in [0.4, 0.5) is 0 Å². The number of carbonyl (C=O) groups excluding carboxylic acids is 3. The Morgan fingerprint density at radius 3 is 2.43 bits per heavy atom. The fourth-order valence-electron chi connectivity index (χ4n) is 3.23. The third-order valence-electron chi connectivity index (χ3n) is 4.73. The number of halogens is 1. The van der Waals surface area contributed by atoms with Gasteiger partial charge in [0.25, 0.3) is 17.6 Å². The number of aromatic nitrogens is 3. The summed E-state index contributed by atoms with van der Waals surface area (Å²) in [6.45, 7) is 1.32. The van der Waals surface area contributed by atoms with E-state index in [1.807, 2.05) is 0 Å². The first kappa shape index (κ1) is 18.3. The van der Waals surface area contributed by atoms with Crippen molar-refractivity contribution in [2.24, 2.45) is 0 Å². The minimum Gasteiger partial charge on any atom is -0.358 e. The molecular formula is C19H16BrN5O3. The van der Waals surface area contributed by atoms with Gasteiger partial charge in [-0.3, -0.25) is 19.4 Å². The number of rotatable bonds is 3. The Kier molecular flexibility index (Phi) is 4.91. The van der Waals surface area contributed by atoms with E-state index in [0.29, 0.717) is 52.9 Å². The van der Waals surface area contributed by atoms with Crippen LogP contribution in [0.25, 0.3) is 10.9 Å². The van der Waals surface area contributed by atoms with Crippen molar-refractivity contribution in [2.75, 3.05) is 26.2 Å². The highest BCUT2D eigenvalue weighted by Crippen LogP contribution is 2.24. The lowest BCUT2D eigenvalue weighted by Gasteiger charge is -2.34. The van der Waals surface area contributed by atoms with Gasteiger partial charge in [0.1, 0.15) is 10.3 Å². The molecule has 28 heavy (non-hydrogen) atoms. The van der Waals surface area contributed by atoms with Crippen molar-refractivity contribution in [1.29, 1.82) is 0 Å². The molecule has 0 saturated carbocycles. The summed E-state index contributed by atoms with van der Waals surface area (Å²) in [7, 11) is 0. The maximum atomic E-state index is 12.7. The lowest BCUT2D eigenvalue weighted by atomic mass is 10.1. The first-order chi connectivity index (χ1) is 13.6. The van der Waals surface area contributed by atoms with Crippen LogP contribution in [0.15, 0.2) is 47.5 Å². The van der Waals surface area contributed by atoms with Crippen LogP contribution < -0.4 is 0 Å². The molecule has 3 aromatic rings. The zero-order valence-electron chi connectivity index (χ0n) is 14.8. The van der Waals surface area contributed by atoms with Crippen molar-refractivity contribution >= 4 is 44.4 Å². The van der Waals surface area contributed by atoms with Gasteiger partial charge in [0.05, 0.1) is 11.1 Å². The zero-order valence-corrected chi connectivity index (χ0v) is 16.3. The molecule has 0 aromatic carbocycles. The number of fused-ring (bicyclic) bond motifs is 1. The van der Waals surface area contributed by atoms with Crippen LogP contribution in [0, 0.1) is 0 Å². The molecule has 0 spiro atoms. The number of carbonyl (C=O) groups is 3. The molecule has 8 nitrogen and oxygen atoms in total. The third-order valence-corrected chi connectivity index (χ3v) is 5.33. The van der Waals surface area contributed by atoms with Crippen molar-refractivity contribution in [3.05, 3.63) is 58.7 Å². The smallest absolute Gasteiger partial charge is 0.295 e. The van der Waals surface area contributed by atoms with E-state index in [9.17, 15) is 14.4 Å². The number of amides is 2. The van der Waals surface area contributed by atoms with Gasteiger partial charge in [-0.2, -0.15) is 0 Å². The monoisotopic (exact) mass is 441 g/mol. The maximum Gasteiger partial charge on any atom is 0.295 e. The average Bonchev–Trinajstić information content (AvgIpc) is 3.18. The number of hydrogen-bond donors (Lipinski definition) is 1. The van der Waals surface area contributed by atoms with Crippen LogP contribution in [0.2, 0.25) is 0 Å². The van der Waals surface area contributed by atoms with E-state index >= 15 is 0 Å². The van der Waals surface area contributed by atoms with E-state index in [4.69, 9.17) is 0 Å². The van der Waals surface area contributed by atoms with E-state index in [-0.39, 0.29) is 5.91 Å². The van der Waals surface area contributed by atoms with Crippen molar-refractivity contribution < 1.29 is 14.4 Å². The molecule has 4 heterocycles. The summed E-state index contributed by atoms with van der Waals surface area (Å²) in [5, 5.41) is 0.643. The minimum absolute atomic E-state index is 0.173. The lowest BCUT2D eigenvalue weighted by Crippen LogP contribution is -2.52. The Morgan fingerprint density at radius 2 is 1.71 bits per heavy atom. The molecule has 0 radical (unpaired) electrons. The fourth-order valence-corrected chi connectivity index (χ4v) is 3.68. The molecule has 0 unspecified atom stereocenters. The maximum absolute atomic E-state index is 12.7. The van der Waals surface area contributed by atoms with E-state index < -0.39 is 11.7 Å². The summed E-state index contributed by atoms with van der Waals surface area (Å²) in [5.74, 6) is -1.32. The van der Waals surface area contributed by atoms with Crippen LogP contribution in [0.3, 0.4) is 0 Å². The van der Waals surface area contributed by atoms with Crippen molar-refractivity contribution in [2.45, 2.75) is 0 Å². The molecule has 1 aliphatic rings. The van der Waals surface area contributed by atoms with Crippen molar-refractivity contribution in [3.8, 4) is 0 Å². The van der Waals surface area contributed by atoms with E-state index in [1.165, 1.54) is 11.1 Å². The molecular weight excluding hydrogens is 426 g/mol. The van der Waals surface area contributed by atoms with Gasteiger partial charge in [0, 0.05) is 50.2 Å². The largest absolute Gasteiger partial charge is 0.358 e. The molecule has 0 aliphatic carbocycles. The predicted molar refractivity (Wildman–Crippen MR) is 105 cm³/mol. The quantitative estimate of drug-likeness (QED) is 0.380. The Labute approximate surface area is 168 Å². The van der Waals surface area contributed by atoms with Gasteiger partial charge in [-0.25, -0.2) is 4.98 Å². The summed E-state index contributed by atoms with van der Waals surface area (Å²) in [4.78, 5) is 52.1. The van der Waals surface area contributed by atoms with E-state index in [0.717, 1.165) is 0 Å². The molecule has 3 aromatic heterocycles. The van der Waals surface area contributed by atoms with Crippen molar-refractivity contribution in [3.63, 3.8) is 0 Å². The van der Waals surface area contributed by atoms with Crippen LogP contribution in [0.5, 0.6) is 0 Å². The topological polar surface area (TPSA) is 99.3 Å². The second kappa shape index (κ2) is 7.51.